The summed E-state index contributed by atoms with van der Waals surface area (Å²) in [7, 11) is 1.79. The lowest BCUT2D eigenvalue weighted by atomic mass is 10.0. The minimum absolute atomic E-state index is 0.284. The second kappa shape index (κ2) is 2.89. The van der Waals surface area contributed by atoms with Gasteiger partial charge in [0.15, 0.2) is 0 Å². The molecule has 2 rings (SSSR count). The molecular formula is C10H10N2. The van der Waals surface area contributed by atoms with Crippen LogP contribution >= 0.6 is 0 Å². The van der Waals surface area contributed by atoms with E-state index < -0.39 is 0 Å². The van der Waals surface area contributed by atoms with Crippen LogP contribution < -0.4 is 0 Å². The summed E-state index contributed by atoms with van der Waals surface area (Å²) in [6.45, 7) is 0. The zero-order valence-corrected chi connectivity index (χ0v) is 6.94. The van der Waals surface area contributed by atoms with E-state index in [9.17, 15) is 0 Å². The van der Waals surface area contributed by atoms with Gasteiger partial charge in [0.25, 0.3) is 0 Å². The molecule has 60 valence electrons. The molecule has 1 aliphatic heterocycles. The Balaban J connectivity index is 2.42. The Morgan fingerprint density at radius 1 is 1.42 bits per heavy atom. The highest BCUT2D eigenvalue weighted by Crippen LogP contribution is 2.30. The highest BCUT2D eigenvalue weighted by Gasteiger charge is 2.14. The SMILES string of the molecule is CN=CC1C=Nc2ccccc21. The van der Waals surface area contributed by atoms with Gasteiger partial charge in [0.05, 0.1) is 11.6 Å². The maximum absolute atomic E-state index is 4.28. The number of aliphatic imine (C=N–C) groups is 2. The Morgan fingerprint density at radius 3 is 3.08 bits per heavy atom. The van der Waals surface area contributed by atoms with Gasteiger partial charge in [0, 0.05) is 19.5 Å². The summed E-state index contributed by atoms with van der Waals surface area (Å²) >= 11 is 0. The smallest absolute Gasteiger partial charge is 0.0668 e. The Morgan fingerprint density at radius 2 is 2.25 bits per heavy atom. The van der Waals surface area contributed by atoms with Gasteiger partial charge in [-0.2, -0.15) is 0 Å². The van der Waals surface area contributed by atoms with Gasteiger partial charge in [0.2, 0.25) is 0 Å². The molecule has 0 radical (unpaired) electrons. The third-order valence-corrected chi connectivity index (χ3v) is 1.98. The molecule has 0 fully saturated rings. The number of hydrogen-bond acceptors (Lipinski definition) is 2. The van der Waals surface area contributed by atoms with Crippen LogP contribution in [0.4, 0.5) is 5.69 Å². The topological polar surface area (TPSA) is 24.7 Å². The maximum atomic E-state index is 4.28. The standard InChI is InChI=1S/C10H10N2/c1-11-6-8-7-12-10-5-3-2-4-9(8)10/h2-8H,1H3. The normalized spacial score (nSPS) is 20.2. The number of benzene rings is 1. The number of nitrogens with zero attached hydrogens (tertiary/aromatic N) is 2. The zero-order valence-electron chi connectivity index (χ0n) is 6.94. The Bertz CT molecular complexity index is 339. The van der Waals surface area contributed by atoms with Gasteiger partial charge in [-0.3, -0.25) is 9.98 Å². The average Bonchev–Trinajstić information content (AvgIpc) is 2.50. The van der Waals surface area contributed by atoms with Crippen molar-refractivity contribution in [3.8, 4) is 0 Å². The van der Waals surface area contributed by atoms with E-state index in [2.05, 4.69) is 16.1 Å². The molecule has 0 bridgehead atoms. The van der Waals surface area contributed by atoms with Crippen molar-refractivity contribution >= 4 is 18.1 Å². The fourth-order valence-electron chi connectivity index (χ4n) is 1.41. The van der Waals surface area contributed by atoms with Gasteiger partial charge in [0.1, 0.15) is 0 Å². The van der Waals surface area contributed by atoms with Gasteiger partial charge in [-0.25, -0.2) is 0 Å². The van der Waals surface area contributed by atoms with Crippen molar-refractivity contribution < 1.29 is 0 Å². The summed E-state index contributed by atoms with van der Waals surface area (Å²) in [5, 5.41) is 0. The maximum Gasteiger partial charge on any atom is 0.0668 e. The molecule has 1 unspecified atom stereocenters. The van der Waals surface area contributed by atoms with Crippen LogP contribution in [0.3, 0.4) is 0 Å². The van der Waals surface area contributed by atoms with Crippen LogP contribution in [-0.2, 0) is 0 Å². The van der Waals surface area contributed by atoms with Crippen LogP contribution in [0, 0.1) is 0 Å². The van der Waals surface area contributed by atoms with Crippen LogP contribution in [0.15, 0.2) is 34.3 Å². The second-order valence-electron chi connectivity index (χ2n) is 2.77. The monoisotopic (exact) mass is 158 g/mol. The number of hydrogen-bond donors (Lipinski definition) is 0. The molecule has 0 spiro atoms. The molecule has 0 saturated heterocycles. The first-order chi connectivity index (χ1) is 5.92. The Kier molecular flexibility index (Phi) is 1.74. The molecule has 0 saturated carbocycles. The molecule has 1 heterocycles. The first-order valence-corrected chi connectivity index (χ1v) is 3.97. The van der Waals surface area contributed by atoms with Crippen molar-refractivity contribution in [3.63, 3.8) is 0 Å². The number of fused-ring (bicyclic) bond motifs is 1. The lowest BCUT2D eigenvalue weighted by molar-refractivity contribution is 1.28. The van der Waals surface area contributed by atoms with Crippen molar-refractivity contribution in [1.82, 2.24) is 0 Å². The minimum Gasteiger partial charge on any atom is -0.300 e. The molecule has 1 atom stereocenters. The molecule has 12 heavy (non-hydrogen) atoms. The first-order valence-electron chi connectivity index (χ1n) is 3.97. The molecule has 2 nitrogen and oxygen atoms in total. The molecular weight excluding hydrogens is 148 g/mol. The summed E-state index contributed by atoms with van der Waals surface area (Å²) in [6.07, 6.45) is 3.84. The molecule has 2 heteroatoms. The second-order valence-corrected chi connectivity index (χ2v) is 2.77. The van der Waals surface area contributed by atoms with E-state index in [0.717, 1.165) is 5.69 Å². The fourth-order valence-corrected chi connectivity index (χ4v) is 1.41. The first kappa shape index (κ1) is 7.22. The van der Waals surface area contributed by atoms with E-state index in [4.69, 9.17) is 0 Å². The van der Waals surface area contributed by atoms with E-state index in [1.807, 2.05) is 30.6 Å². The summed E-state index contributed by atoms with van der Waals surface area (Å²) in [5.41, 5.74) is 2.32. The van der Waals surface area contributed by atoms with Gasteiger partial charge in [-0.1, -0.05) is 18.2 Å². The van der Waals surface area contributed by atoms with Crippen molar-refractivity contribution in [1.29, 1.82) is 0 Å². The van der Waals surface area contributed by atoms with Crippen molar-refractivity contribution in [3.05, 3.63) is 29.8 Å². The highest BCUT2D eigenvalue weighted by atomic mass is 14.8. The van der Waals surface area contributed by atoms with E-state index in [-0.39, 0.29) is 5.92 Å². The van der Waals surface area contributed by atoms with Crippen molar-refractivity contribution in [2.45, 2.75) is 5.92 Å². The number of rotatable bonds is 1. The lowest BCUT2D eigenvalue weighted by Gasteiger charge is -2.00. The van der Waals surface area contributed by atoms with Crippen molar-refractivity contribution in [2.24, 2.45) is 9.98 Å². The molecule has 0 N–H and O–H groups in total. The van der Waals surface area contributed by atoms with Crippen LogP contribution in [0.5, 0.6) is 0 Å². The molecule has 0 aromatic heterocycles. The summed E-state index contributed by atoms with van der Waals surface area (Å²) < 4.78 is 0. The molecule has 1 aromatic rings. The van der Waals surface area contributed by atoms with Crippen LogP contribution in [0.2, 0.25) is 0 Å². The largest absolute Gasteiger partial charge is 0.300 e. The van der Waals surface area contributed by atoms with Gasteiger partial charge in [-0.15, -0.1) is 0 Å². The van der Waals surface area contributed by atoms with Crippen LogP contribution in [-0.4, -0.2) is 19.5 Å². The van der Waals surface area contributed by atoms with Crippen molar-refractivity contribution in [2.75, 3.05) is 7.05 Å². The van der Waals surface area contributed by atoms with E-state index in [1.165, 1.54) is 5.56 Å². The zero-order chi connectivity index (χ0) is 8.39. The van der Waals surface area contributed by atoms with E-state index in [1.54, 1.807) is 7.05 Å². The predicted molar refractivity (Wildman–Crippen MR) is 51.8 cm³/mol. The van der Waals surface area contributed by atoms with Gasteiger partial charge < -0.3 is 0 Å². The van der Waals surface area contributed by atoms with E-state index >= 15 is 0 Å². The van der Waals surface area contributed by atoms with Gasteiger partial charge >= 0.3 is 0 Å². The predicted octanol–water partition coefficient (Wildman–Crippen LogP) is 2.19. The highest BCUT2D eigenvalue weighted by molar-refractivity contribution is 5.96. The molecule has 0 amide bonds. The summed E-state index contributed by atoms with van der Waals surface area (Å²) in [6, 6.07) is 8.15. The summed E-state index contributed by atoms with van der Waals surface area (Å²) in [4.78, 5) is 8.28. The van der Waals surface area contributed by atoms with Crippen LogP contribution in [0.25, 0.3) is 0 Å². The van der Waals surface area contributed by atoms with Gasteiger partial charge in [-0.05, 0) is 11.6 Å². The lowest BCUT2D eigenvalue weighted by Crippen LogP contribution is -1.96. The molecule has 1 aliphatic rings. The molecule has 0 aliphatic carbocycles. The Hall–Kier alpha value is -1.44. The quantitative estimate of drug-likeness (QED) is 0.560. The van der Waals surface area contributed by atoms with Crippen LogP contribution in [0.1, 0.15) is 11.5 Å². The minimum atomic E-state index is 0.284. The third kappa shape index (κ3) is 1.05. The third-order valence-electron chi connectivity index (χ3n) is 1.98. The Labute approximate surface area is 71.7 Å². The number of para-hydroxylation sites is 1. The molecule has 1 aromatic carbocycles. The van der Waals surface area contributed by atoms with E-state index in [0.29, 0.717) is 0 Å². The summed E-state index contributed by atoms with van der Waals surface area (Å²) in [5.74, 6) is 0.284. The fraction of sp³-hybridized carbons (Fsp3) is 0.200. The average molecular weight is 158 g/mol.